The van der Waals surface area contributed by atoms with E-state index in [9.17, 15) is 5.26 Å². The van der Waals surface area contributed by atoms with Crippen molar-refractivity contribution in [2.24, 2.45) is 10.4 Å². The fourth-order valence-electron chi connectivity index (χ4n) is 3.81. The molecular formula is C24H21N5. The van der Waals surface area contributed by atoms with Crippen LogP contribution in [0.25, 0.3) is 11.1 Å². The molecule has 1 aromatic heterocycles. The molecule has 0 amide bonds. The second-order valence-electron chi connectivity index (χ2n) is 7.53. The first-order valence-electron chi connectivity index (χ1n) is 9.87. The number of nitriles is 1. The average molecular weight is 379 g/mol. The first kappa shape index (κ1) is 17.6. The number of aliphatic imine (C=N–C) groups is 1. The van der Waals surface area contributed by atoms with Gasteiger partial charge in [0.2, 0.25) is 0 Å². The first-order valence-corrected chi connectivity index (χ1v) is 9.87. The number of nitrogens with one attached hydrogen (secondary N) is 2. The summed E-state index contributed by atoms with van der Waals surface area (Å²) in [6.45, 7) is 0.602. The molecule has 2 aliphatic rings. The van der Waals surface area contributed by atoms with E-state index in [4.69, 9.17) is 4.99 Å². The molecule has 2 N–H and O–H groups in total. The highest BCUT2D eigenvalue weighted by molar-refractivity contribution is 6.06. The fourth-order valence-corrected chi connectivity index (χ4v) is 3.81. The number of hydrogen-bond donors (Lipinski definition) is 2. The quantitative estimate of drug-likeness (QED) is 0.676. The van der Waals surface area contributed by atoms with Crippen LogP contribution in [0.3, 0.4) is 0 Å². The predicted octanol–water partition coefficient (Wildman–Crippen LogP) is 4.66. The van der Waals surface area contributed by atoms with Crippen molar-refractivity contribution in [3.63, 3.8) is 0 Å². The Morgan fingerprint density at radius 3 is 2.59 bits per heavy atom. The maximum absolute atomic E-state index is 9.68. The van der Waals surface area contributed by atoms with Gasteiger partial charge >= 0.3 is 0 Å². The number of hydrogen-bond acceptors (Lipinski definition) is 5. The van der Waals surface area contributed by atoms with Crippen LogP contribution in [0.4, 0.5) is 5.69 Å². The molecule has 5 rings (SSSR count). The number of pyridine rings is 1. The van der Waals surface area contributed by atoms with Gasteiger partial charge in [-0.3, -0.25) is 10.3 Å². The molecule has 2 aromatic carbocycles. The van der Waals surface area contributed by atoms with Gasteiger partial charge in [-0.1, -0.05) is 48.5 Å². The Kier molecular flexibility index (Phi) is 4.34. The molecule has 1 aliphatic carbocycles. The summed E-state index contributed by atoms with van der Waals surface area (Å²) in [7, 11) is 0. The fraction of sp³-hybridized carbons (Fsp3) is 0.208. The lowest BCUT2D eigenvalue weighted by molar-refractivity contribution is 0.543. The van der Waals surface area contributed by atoms with E-state index < -0.39 is 5.41 Å². The van der Waals surface area contributed by atoms with Gasteiger partial charge in [-0.2, -0.15) is 5.26 Å². The molecule has 1 fully saturated rings. The van der Waals surface area contributed by atoms with E-state index >= 15 is 0 Å². The Labute approximate surface area is 170 Å². The van der Waals surface area contributed by atoms with Crippen molar-refractivity contribution in [2.75, 3.05) is 5.32 Å². The highest BCUT2D eigenvalue weighted by Gasteiger charge is 2.50. The van der Waals surface area contributed by atoms with E-state index in [2.05, 4.69) is 52.0 Å². The van der Waals surface area contributed by atoms with Gasteiger partial charge in [0.05, 0.1) is 11.8 Å². The zero-order valence-electron chi connectivity index (χ0n) is 16.0. The minimum Gasteiger partial charge on any atom is -0.342 e. The Morgan fingerprint density at radius 1 is 1.03 bits per heavy atom. The van der Waals surface area contributed by atoms with Crippen LogP contribution in [0.1, 0.15) is 30.3 Å². The third-order valence-corrected chi connectivity index (χ3v) is 5.60. The summed E-state index contributed by atoms with van der Waals surface area (Å²) in [6, 6.07) is 25.0. The molecular weight excluding hydrogens is 358 g/mol. The molecule has 3 aromatic rings. The van der Waals surface area contributed by atoms with Crippen molar-refractivity contribution in [3.05, 3.63) is 84.2 Å². The minimum absolute atomic E-state index is 0.245. The summed E-state index contributed by atoms with van der Waals surface area (Å²) in [4.78, 5) is 9.39. The second-order valence-corrected chi connectivity index (χ2v) is 7.53. The summed E-state index contributed by atoms with van der Waals surface area (Å²) in [5, 5.41) is 16.7. The van der Waals surface area contributed by atoms with Crippen LogP contribution in [0.2, 0.25) is 0 Å². The summed E-state index contributed by atoms with van der Waals surface area (Å²) >= 11 is 0. The van der Waals surface area contributed by atoms with Gasteiger partial charge in [-0.05, 0) is 42.2 Å². The number of anilines is 1. The van der Waals surface area contributed by atoms with Crippen molar-refractivity contribution < 1.29 is 0 Å². The maximum Gasteiger partial charge on any atom is 0.130 e. The smallest absolute Gasteiger partial charge is 0.130 e. The largest absolute Gasteiger partial charge is 0.342 e. The summed E-state index contributed by atoms with van der Waals surface area (Å²) < 4.78 is 0. The monoisotopic (exact) mass is 379 g/mol. The van der Waals surface area contributed by atoms with E-state index in [0.29, 0.717) is 6.54 Å². The number of aromatic nitrogens is 1. The van der Waals surface area contributed by atoms with Crippen molar-refractivity contribution >= 4 is 11.5 Å². The third-order valence-electron chi connectivity index (χ3n) is 5.60. The van der Waals surface area contributed by atoms with E-state index in [-0.39, 0.29) is 6.17 Å². The van der Waals surface area contributed by atoms with Crippen molar-refractivity contribution in [1.82, 2.24) is 10.3 Å². The lowest BCUT2D eigenvalue weighted by Crippen LogP contribution is -2.33. The van der Waals surface area contributed by atoms with E-state index in [0.717, 1.165) is 46.7 Å². The number of amidine groups is 1. The average Bonchev–Trinajstić information content (AvgIpc) is 3.59. The Hall–Kier alpha value is -3.49. The molecule has 1 saturated carbocycles. The molecule has 2 heterocycles. The molecule has 5 heteroatoms. The van der Waals surface area contributed by atoms with Crippen molar-refractivity contribution in [3.8, 4) is 17.2 Å². The molecule has 0 bridgehead atoms. The van der Waals surface area contributed by atoms with E-state index in [1.54, 1.807) is 6.20 Å². The lowest BCUT2D eigenvalue weighted by atomic mass is 9.94. The number of fused-ring (bicyclic) bond motifs is 1. The van der Waals surface area contributed by atoms with E-state index in [1.165, 1.54) is 0 Å². The molecule has 0 saturated heterocycles. The Balaban J connectivity index is 1.56. The molecule has 29 heavy (non-hydrogen) atoms. The normalized spacial score (nSPS) is 18.7. The van der Waals surface area contributed by atoms with Gasteiger partial charge in [0.1, 0.15) is 17.4 Å². The SMILES string of the molecule is N#CC1(C2=NC(NCc3ccccn3)c3c(cccc3-c3ccccc3)N2)CC1. The third kappa shape index (κ3) is 3.28. The summed E-state index contributed by atoms with van der Waals surface area (Å²) in [5.41, 5.74) is 4.90. The maximum atomic E-state index is 9.68. The van der Waals surface area contributed by atoms with Crippen LogP contribution in [-0.2, 0) is 6.54 Å². The number of benzene rings is 2. The van der Waals surface area contributed by atoms with Gasteiger partial charge in [-0.15, -0.1) is 0 Å². The van der Waals surface area contributed by atoms with Gasteiger partial charge in [-0.25, -0.2) is 4.99 Å². The molecule has 0 spiro atoms. The molecule has 0 radical (unpaired) electrons. The molecule has 142 valence electrons. The zero-order chi connectivity index (χ0) is 19.7. The predicted molar refractivity (Wildman–Crippen MR) is 114 cm³/mol. The van der Waals surface area contributed by atoms with Gasteiger partial charge in [0.25, 0.3) is 0 Å². The highest BCUT2D eigenvalue weighted by atomic mass is 15.2. The standard InChI is InChI=1S/C24H21N5/c25-16-24(12-13-24)23-28-20-11-6-10-19(17-7-2-1-3-8-17)21(20)22(29-23)27-15-18-9-4-5-14-26-18/h1-11,14,22,27H,12-13,15H2,(H,28,29). The van der Waals surface area contributed by atoms with Crippen LogP contribution >= 0.6 is 0 Å². The van der Waals surface area contributed by atoms with Crippen LogP contribution < -0.4 is 10.6 Å². The van der Waals surface area contributed by atoms with Crippen LogP contribution in [0.5, 0.6) is 0 Å². The number of nitrogens with zero attached hydrogens (tertiary/aromatic N) is 3. The lowest BCUT2D eigenvalue weighted by Gasteiger charge is -2.29. The Bertz CT molecular complexity index is 1100. The topological polar surface area (TPSA) is 73.1 Å². The Morgan fingerprint density at radius 2 is 1.86 bits per heavy atom. The molecule has 1 aliphatic heterocycles. The van der Waals surface area contributed by atoms with Gasteiger partial charge in [0, 0.05) is 24.0 Å². The zero-order valence-corrected chi connectivity index (χ0v) is 16.0. The summed E-state index contributed by atoms with van der Waals surface area (Å²) in [5.74, 6) is 0.774. The number of rotatable bonds is 5. The van der Waals surface area contributed by atoms with Crippen LogP contribution in [-0.4, -0.2) is 10.8 Å². The van der Waals surface area contributed by atoms with Crippen LogP contribution in [0, 0.1) is 16.7 Å². The highest BCUT2D eigenvalue weighted by Crippen LogP contribution is 2.49. The van der Waals surface area contributed by atoms with Crippen molar-refractivity contribution in [1.29, 1.82) is 5.26 Å². The molecule has 1 unspecified atom stereocenters. The van der Waals surface area contributed by atoms with Crippen molar-refractivity contribution in [2.45, 2.75) is 25.6 Å². The minimum atomic E-state index is -0.467. The summed E-state index contributed by atoms with van der Waals surface area (Å²) in [6.07, 6.45) is 3.27. The second kappa shape index (κ2) is 7.16. The van der Waals surface area contributed by atoms with Crippen LogP contribution in [0.15, 0.2) is 77.9 Å². The van der Waals surface area contributed by atoms with E-state index in [1.807, 2.05) is 36.4 Å². The van der Waals surface area contributed by atoms with Gasteiger partial charge < -0.3 is 5.32 Å². The first-order chi connectivity index (χ1) is 14.3. The molecule has 5 nitrogen and oxygen atoms in total. The van der Waals surface area contributed by atoms with Gasteiger partial charge in [0.15, 0.2) is 0 Å². The molecule has 1 atom stereocenters.